The first-order chi connectivity index (χ1) is 12.7. The maximum absolute atomic E-state index is 14.9. The Hall–Kier alpha value is -2.56. The fourth-order valence-electron chi connectivity index (χ4n) is 4.18. The number of benzene rings is 2. The number of hydrogen-bond donors (Lipinski definition) is 0. The predicted molar refractivity (Wildman–Crippen MR) is 99.0 cm³/mol. The van der Waals surface area contributed by atoms with Crippen LogP contribution in [0.1, 0.15) is 29.5 Å². The van der Waals surface area contributed by atoms with Crippen LogP contribution < -0.4 is 4.90 Å². The molecule has 1 heterocycles. The van der Waals surface area contributed by atoms with Crippen LogP contribution in [0.5, 0.6) is 0 Å². The van der Waals surface area contributed by atoms with Crippen LogP contribution in [0.3, 0.4) is 0 Å². The first kappa shape index (κ1) is 17.8. The van der Waals surface area contributed by atoms with Gasteiger partial charge in [-0.05, 0) is 42.5 Å². The van der Waals surface area contributed by atoms with E-state index in [1.165, 1.54) is 6.07 Å². The van der Waals surface area contributed by atoms with Gasteiger partial charge in [0.25, 0.3) is 0 Å². The Morgan fingerprint density at radius 1 is 1.04 bits per heavy atom. The van der Waals surface area contributed by atoms with Crippen LogP contribution in [0, 0.1) is 12.7 Å². The normalized spacial score (nSPS) is 18.6. The van der Waals surface area contributed by atoms with Crippen molar-refractivity contribution >= 4 is 11.3 Å². The minimum absolute atomic E-state index is 0.0979. The van der Waals surface area contributed by atoms with E-state index in [9.17, 15) is 17.6 Å². The topological polar surface area (TPSA) is 3.24 Å². The van der Waals surface area contributed by atoms with Gasteiger partial charge in [-0.1, -0.05) is 43.0 Å². The molecule has 0 saturated heterocycles. The molecule has 0 N–H and O–H groups in total. The second-order valence-corrected chi connectivity index (χ2v) is 7.29. The van der Waals surface area contributed by atoms with Crippen molar-refractivity contribution in [3.05, 3.63) is 82.8 Å². The van der Waals surface area contributed by atoms with E-state index in [-0.39, 0.29) is 16.8 Å². The van der Waals surface area contributed by atoms with Gasteiger partial charge in [0.1, 0.15) is 5.82 Å². The summed E-state index contributed by atoms with van der Waals surface area (Å²) in [5.41, 5.74) is 0.0316. The van der Waals surface area contributed by atoms with Gasteiger partial charge in [-0.3, -0.25) is 0 Å². The lowest BCUT2D eigenvalue weighted by Gasteiger charge is -2.38. The van der Waals surface area contributed by atoms with Crippen molar-refractivity contribution in [2.75, 3.05) is 11.9 Å². The number of anilines is 1. The molecular weight excluding hydrogens is 354 g/mol. The molecule has 2 aromatic carbocycles. The zero-order valence-corrected chi connectivity index (χ0v) is 15.1. The summed E-state index contributed by atoms with van der Waals surface area (Å²) < 4.78 is 57.5. The van der Waals surface area contributed by atoms with E-state index in [2.05, 4.69) is 6.58 Å². The summed E-state index contributed by atoms with van der Waals surface area (Å²) >= 11 is 0. The Balaban J connectivity index is 2.06. The van der Waals surface area contributed by atoms with Gasteiger partial charge in [-0.2, -0.15) is 13.2 Å². The lowest BCUT2D eigenvalue weighted by atomic mass is 9.78. The first-order valence-corrected chi connectivity index (χ1v) is 8.78. The second-order valence-electron chi connectivity index (χ2n) is 7.29. The highest BCUT2D eigenvalue weighted by Crippen LogP contribution is 2.62. The molecule has 0 unspecified atom stereocenters. The number of para-hydroxylation sites is 1. The van der Waals surface area contributed by atoms with Gasteiger partial charge in [-0.25, -0.2) is 4.39 Å². The fraction of sp³-hybridized carbons (Fsp3) is 0.273. The van der Waals surface area contributed by atoms with E-state index in [1.807, 2.05) is 0 Å². The quantitative estimate of drug-likeness (QED) is 0.571. The number of fused-ring (bicyclic) bond motifs is 1. The molecule has 1 saturated carbocycles. The lowest BCUT2D eigenvalue weighted by Crippen LogP contribution is -2.32. The van der Waals surface area contributed by atoms with E-state index < -0.39 is 23.0 Å². The molecule has 1 aliphatic carbocycles. The maximum Gasteiger partial charge on any atom is 0.417 e. The Bertz CT molecular complexity index is 980. The molecule has 140 valence electrons. The minimum Gasteiger partial charge on any atom is -0.344 e. The molecule has 0 spiro atoms. The Kier molecular flexibility index (Phi) is 3.78. The Labute approximate surface area is 155 Å². The van der Waals surface area contributed by atoms with Gasteiger partial charge in [0.15, 0.2) is 0 Å². The molecule has 1 aliphatic heterocycles. The average molecular weight is 373 g/mol. The van der Waals surface area contributed by atoms with Crippen molar-refractivity contribution in [1.29, 1.82) is 0 Å². The van der Waals surface area contributed by atoms with Crippen molar-refractivity contribution < 1.29 is 17.6 Å². The summed E-state index contributed by atoms with van der Waals surface area (Å²) in [6, 6.07) is 11.4. The third kappa shape index (κ3) is 2.52. The molecule has 2 aliphatic rings. The van der Waals surface area contributed by atoms with E-state index in [0.717, 1.165) is 0 Å². The van der Waals surface area contributed by atoms with Crippen molar-refractivity contribution in [2.24, 2.45) is 0 Å². The van der Waals surface area contributed by atoms with Crippen molar-refractivity contribution in [2.45, 2.75) is 31.4 Å². The number of halogens is 4. The van der Waals surface area contributed by atoms with Crippen LogP contribution in [0.25, 0.3) is 5.57 Å². The molecule has 0 bridgehead atoms. The molecule has 2 aromatic rings. The highest BCUT2D eigenvalue weighted by Gasteiger charge is 2.56. The number of allylic oxidation sites excluding steroid dienone is 2. The first-order valence-electron chi connectivity index (χ1n) is 8.78. The number of nitrogens with zero attached hydrogens (tertiary/aromatic N) is 1. The molecular formula is C22H19F4N. The molecule has 0 atom stereocenters. The van der Waals surface area contributed by atoms with Crippen LogP contribution in [0.2, 0.25) is 0 Å². The van der Waals surface area contributed by atoms with Crippen LogP contribution >= 0.6 is 0 Å². The van der Waals surface area contributed by atoms with Crippen LogP contribution in [0.4, 0.5) is 23.2 Å². The molecule has 4 rings (SSSR count). The third-order valence-electron chi connectivity index (χ3n) is 5.70. The minimum atomic E-state index is -4.56. The van der Waals surface area contributed by atoms with Crippen LogP contribution in [0.15, 0.2) is 60.3 Å². The molecule has 1 nitrogen and oxygen atoms in total. The van der Waals surface area contributed by atoms with Crippen molar-refractivity contribution in [3.63, 3.8) is 0 Å². The summed E-state index contributed by atoms with van der Waals surface area (Å²) in [6.45, 7) is 5.60. The van der Waals surface area contributed by atoms with Gasteiger partial charge in [0.2, 0.25) is 0 Å². The maximum atomic E-state index is 14.9. The average Bonchev–Trinajstić information content (AvgIpc) is 3.40. The van der Waals surface area contributed by atoms with E-state index in [0.29, 0.717) is 29.7 Å². The zero-order chi connectivity index (χ0) is 19.6. The van der Waals surface area contributed by atoms with Gasteiger partial charge in [0.05, 0.1) is 5.57 Å². The smallest absolute Gasteiger partial charge is 0.344 e. The predicted octanol–water partition coefficient (Wildman–Crippen LogP) is 6.15. The van der Waals surface area contributed by atoms with Crippen LogP contribution in [-0.4, -0.2) is 13.2 Å². The van der Waals surface area contributed by atoms with E-state index >= 15 is 0 Å². The van der Waals surface area contributed by atoms with Gasteiger partial charge in [0, 0.05) is 29.4 Å². The zero-order valence-electron chi connectivity index (χ0n) is 15.1. The molecule has 27 heavy (non-hydrogen) atoms. The van der Waals surface area contributed by atoms with Gasteiger partial charge < -0.3 is 4.90 Å². The van der Waals surface area contributed by atoms with Crippen LogP contribution in [-0.2, 0) is 5.41 Å². The summed E-state index contributed by atoms with van der Waals surface area (Å²) in [6.07, 6.45) is -3.62. The molecule has 0 amide bonds. The Morgan fingerprint density at radius 3 is 2.33 bits per heavy atom. The molecule has 1 fully saturated rings. The van der Waals surface area contributed by atoms with Gasteiger partial charge in [-0.15, -0.1) is 0 Å². The molecule has 5 heteroatoms. The summed E-state index contributed by atoms with van der Waals surface area (Å²) in [5.74, 6) is -0.432. The summed E-state index contributed by atoms with van der Waals surface area (Å²) in [4.78, 5) is 1.67. The number of hydrogen-bond acceptors (Lipinski definition) is 1. The largest absolute Gasteiger partial charge is 0.417 e. The SMILES string of the molecule is C=C1C(C2(c3cccc(C)c3F)CC2)=C(C(F)(F)F)c2ccccc2N1C. The number of rotatable bonds is 2. The standard InChI is InChI=1S/C22H19F4N/c1-13-7-6-9-16(20(13)23)21(11-12-21)18-14(2)27(3)17-10-5-4-8-15(17)19(18)22(24,25)26/h4-10H,2,11-12H2,1,3H3. The highest BCUT2D eigenvalue weighted by atomic mass is 19.4. The van der Waals surface area contributed by atoms with E-state index in [4.69, 9.17) is 0 Å². The molecule has 0 radical (unpaired) electrons. The number of aryl methyl sites for hydroxylation is 1. The third-order valence-corrected chi connectivity index (χ3v) is 5.70. The van der Waals surface area contributed by atoms with Gasteiger partial charge >= 0.3 is 6.18 Å². The lowest BCUT2D eigenvalue weighted by molar-refractivity contribution is -0.0696. The number of likely N-dealkylation sites (N-methyl/N-ethyl adjacent to an activating group) is 1. The number of alkyl halides is 3. The monoisotopic (exact) mass is 373 g/mol. The Morgan fingerprint density at radius 2 is 1.70 bits per heavy atom. The van der Waals surface area contributed by atoms with E-state index in [1.54, 1.807) is 55.3 Å². The highest BCUT2D eigenvalue weighted by molar-refractivity contribution is 5.91. The second kappa shape index (κ2) is 5.72. The van der Waals surface area contributed by atoms with Crippen molar-refractivity contribution in [3.8, 4) is 0 Å². The van der Waals surface area contributed by atoms with Crippen molar-refractivity contribution in [1.82, 2.24) is 0 Å². The summed E-state index contributed by atoms with van der Waals surface area (Å²) in [5, 5.41) is 0. The molecule has 0 aromatic heterocycles. The summed E-state index contributed by atoms with van der Waals surface area (Å²) in [7, 11) is 1.71. The fourth-order valence-corrected chi connectivity index (χ4v) is 4.18.